The predicted octanol–water partition coefficient (Wildman–Crippen LogP) is 4.22. The van der Waals surface area contributed by atoms with Gasteiger partial charge in [-0.1, -0.05) is 30.6 Å². The van der Waals surface area contributed by atoms with Crippen LogP contribution in [0.25, 0.3) is 16.2 Å². The molecule has 0 amide bonds. The molecule has 132 valence electrons. The minimum Gasteiger partial charge on any atom is -0.493 e. The van der Waals surface area contributed by atoms with Gasteiger partial charge in [0.25, 0.3) is 0 Å². The van der Waals surface area contributed by atoms with E-state index in [-0.39, 0.29) is 0 Å². The average Bonchev–Trinajstić information content (AvgIpc) is 3.22. The number of hydrogen-bond acceptors (Lipinski definition) is 6. The van der Waals surface area contributed by atoms with Crippen LogP contribution in [0.4, 0.5) is 5.13 Å². The first-order chi connectivity index (χ1) is 12.3. The third kappa shape index (κ3) is 3.16. The number of ether oxygens (including phenoxy) is 2. The maximum Gasteiger partial charge on any atom is 0.214 e. The van der Waals surface area contributed by atoms with Crippen LogP contribution in [0.15, 0.2) is 24.4 Å². The molecule has 4 rings (SSSR count). The smallest absolute Gasteiger partial charge is 0.214 e. The summed E-state index contributed by atoms with van der Waals surface area (Å²) in [6, 6.07) is 6.39. The highest BCUT2D eigenvalue weighted by Crippen LogP contribution is 2.34. The molecule has 0 bridgehead atoms. The molecule has 0 spiro atoms. The number of fused-ring (bicyclic) bond motifs is 1. The van der Waals surface area contributed by atoms with Gasteiger partial charge in [-0.15, -0.1) is 5.10 Å². The van der Waals surface area contributed by atoms with Crippen molar-refractivity contribution in [2.75, 3.05) is 19.5 Å². The van der Waals surface area contributed by atoms with Crippen LogP contribution in [0.3, 0.4) is 0 Å². The summed E-state index contributed by atoms with van der Waals surface area (Å²) in [7, 11) is 3.28. The van der Waals surface area contributed by atoms with E-state index in [1.807, 2.05) is 28.9 Å². The number of nitrogens with one attached hydrogen (secondary N) is 1. The van der Waals surface area contributed by atoms with Crippen molar-refractivity contribution in [1.29, 1.82) is 0 Å². The maximum atomic E-state index is 5.41. The Morgan fingerprint density at radius 2 is 1.92 bits per heavy atom. The summed E-state index contributed by atoms with van der Waals surface area (Å²) in [5.41, 5.74) is 1.95. The second kappa shape index (κ2) is 6.92. The third-order valence-electron chi connectivity index (χ3n) is 4.70. The first-order valence-electron chi connectivity index (χ1n) is 8.62. The first-order valence-corrected chi connectivity index (χ1v) is 9.43. The van der Waals surface area contributed by atoms with E-state index >= 15 is 0 Å². The number of methoxy groups -OCH3 is 2. The highest BCUT2D eigenvalue weighted by atomic mass is 32.1. The van der Waals surface area contributed by atoms with E-state index in [1.165, 1.54) is 32.1 Å². The molecule has 0 saturated heterocycles. The predicted molar refractivity (Wildman–Crippen MR) is 99.9 cm³/mol. The Balaban J connectivity index is 1.64. The molecule has 6 nitrogen and oxygen atoms in total. The van der Waals surface area contributed by atoms with Gasteiger partial charge in [-0.25, -0.2) is 9.50 Å². The van der Waals surface area contributed by atoms with Gasteiger partial charge in [-0.3, -0.25) is 0 Å². The fraction of sp³-hybridized carbons (Fsp3) is 0.444. The number of imidazole rings is 1. The molecule has 7 heteroatoms. The van der Waals surface area contributed by atoms with Crippen LogP contribution < -0.4 is 14.8 Å². The fourth-order valence-electron chi connectivity index (χ4n) is 3.36. The second-order valence-electron chi connectivity index (χ2n) is 6.29. The Morgan fingerprint density at radius 1 is 1.12 bits per heavy atom. The number of hydrogen-bond donors (Lipinski definition) is 1. The minimum absolute atomic E-state index is 0.536. The third-order valence-corrected chi connectivity index (χ3v) is 5.55. The zero-order valence-electron chi connectivity index (χ0n) is 14.5. The lowest BCUT2D eigenvalue weighted by molar-refractivity contribution is 0.355. The Bertz CT molecular complexity index is 867. The Morgan fingerprint density at radius 3 is 2.68 bits per heavy atom. The normalized spacial score (nSPS) is 15.4. The molecule has 25 heavy (non-hydrogen) atoms. The molecule has 1 aromatic carbocycles. The number of anilines is 1. The lowest BCUT2D eigenvalue weighted by Gasteiger charge is -2.21. The van der Waals surface area contributed by atoms with Gasteiger partial charge < -0.3 is 14.8 Å². The zero-order chi connectivity index (χ0) is 17.2. The van der Waals surface area contributed by atoms with Gasteiger partial charge in [-0.05, 0) is 31.0 Å². The Labute approximate surface area is 150 Å². The summed E-state index contributed by atoms with van der Waals surface area (Å²) in [6.07, 6.45) is 8.26. The van der Waals surface area contributed by atoms with Crippen LogP contribution in [0.5, 0.6) is 11.5 Å². The fourth-order valence-corrected chi connectivity index (χ4v) is 4.22. The van der Waals surface area contributed by atoms with Gasteiger partial charge in [0, 0.05) is 11.6 Å². The summed E-state index contributed by atoms with van der Waals surface area (Å²) in [6.45, 7) is 0. The van der Waals surface area contributed by atoms with Crippen LogP contribution in [0.1, 0.15) is 32.1 Å². The summed E-state index contributed by atoms with van der Waals surface area (Å²) in [4.78, 5) is 5.41. The molecule has 0 aliphatic heterocycles. The van der Waals surface area contributed by atoms with Crippen molar-refractivity contribution in [1.82, 2.24) is 14.6 Å². The maximum absolute atomic E-state index is 5.41. The highest BCUT2D eigenvalue weighted by Gasteiger charge is 2.17. The standard InChI is InChI=1S/C18H22N4O2S/c1-23-15-9-8-12(10-16(15)24-2)14-11-19-18-22(14)21-17(25-18)20-13-6-4-3-5-7-13/h8-11,13H,3-7H2,1-2H3,(H,20,21). The molecule has 1 aliphatic carbocycles. The Kier molecular flexibility index (Phi) is 4.48. The van der Waals surface area contributed by atoms with Crippen LogP contribution in [0, 0.1) is 0 Å². The van der Waals surface area contributed by atoms with E-state index in [2.05, 4.69) is 10.3 Å². The first kappa shape index (κ1) is 16.2. The van der Waals surface area contributed by atoms with Gasteiger partial charge in [0.2, 0.25) is 10.1 Å². The molecule has 2 heterocycles. The topological polar surface area (TPSA) is 60.7 Å². The van der Waals surface area contributed by atoms with Crippen molar-refractivity contribution >= 4 is 21.4 Å². The van der Waals surface area contributed by atoms with E-state index in [0.717, 1.165) is 21.3 Å². The molecule has 3 aromatic rings. The van der Waals surface area contributed by atoms with E-state index in [0.29, 0.717) is 17.5 Å². The molecule has 1 aliphatic rings. The van der Waals surface area contributed by atoms with Crippen LogP contribution in [-0.4, -0.2) is 34.9 Å². The van der Waals surface area contributed by atoms with Gasteiger partial charge >= 0.3 is 0 Å². The number of rotatable bonds is 5. The summed E-state index contributed by atoms with van der Waals surface area (Å²) in [5.74, 6) is 1.41. The summed E-state index contributed by atoms with van der Waals surface area (Å²) in [5, 5.41) is 9.25. The van der Waals surface area contributed by atoms with E-state index in [1.54, 1.807) is 25.6 Å². The molecule has 0 atom stereocenters. The van der Waals surface area contributed by atoms with E-state index < -0.39 is 0 Å². The van der Waals surface area contributed by atoms with Crippen LogP contribution in [-0.2, 0) is 0 Å². The highest BCUT2D eigenvalue weighted by molar-refractivity contribution is 7.20. The number of nitrogens with zero attached hydrogens (tertiary/aromatic N) is 3. The SMILES string of the molecule is COc1ccc(-c2cnc3sc(NC4CCCCC4)nn23)cc1OC. The van der Waals surface area contributed by atoms with Crippen LogP contribution in [0.2, 0.25) is 0 Å². The second-order valence-corrected chi connectivity index (χ2v) is 7.25. The lowest BCUT2D eigenvalue weighted by Crippen LogP contribution is -2.22. The van der Waals surface area contributed by atoms with Gasteiger partial charge in [0.05, 0.1) is 26.1 Å². The van der Waals surface area contributed by atoms with Crippen molar-refractivity contribution in [2.45, 2.75) is 38.1 Å². The van der Waals surface area contributed by atoms with Crippen LogP contribution >= 0.6 is 11.3 Å². The monoisotopic (exact) mass is 358 g/mol. The largest absolute Gasteiger partial charge is 0.493 e. The van der Waals surface area contributed by atoms with Crippen molar-refractivity contribution in [2.24, 2.45) is 0 Å². The Hall–Kier alpha value is -2.28. The van der Waals surface area contributed by atoms with Crippen molar-refractivity contribution < 1.29 is 9.47 Å². The van der Waals surface area contributed by atoms with Crippen molar-refractivity contribution in [3.8, 4) is 22.8 Å². The van der Waals surface area contributed by atoms with E-state index in [9.17, 15) is 0 Å². The summed E-state index contributed by atoms with van der Waals surface area (Å²) < 4.78 is 12.6. The molecule has 1 fully saturated rings. The zero-order valence-corrected chi connectivity index (χ0v) is 15.3. The molecule has 0 unspecified atom stereocenters. The summed E-state index contributed by atoms with van der Waals surface area (Å²) >= 11 is 1.60. The molecule has 1 saturated carbocycles. The van der Waals surface area contributed by atoms with Gasteiger partial charge in [0.15, 0.2) is 11.5 Å². The average molecular weight is 358 g/mol. The molecule has 2 aromatic heterocycles. The van der Waals surface area contributed by atoms with E-state index in [4.69, 9.17) is 14.6 Å². The van der Waals surface area contributed by atoms with Gasteiger partial charge in [-0.2, -0.15) is 0 Å². The van der Waals surface area contributed by atoms with Gasteiger partial charge in [0.1, 0.15) is 0 Å². The molecule has 0 radical (unpaired) electrons. The molecular formula is C18H22N4O2S. The number of benzene rings is 1. The molecule has 1 N–H and O–H groups in total. The minimum atomic E-state index is 0.536. The lowest BCUT2D eigenvalue weighted by atomic mass is 9.96. The van der Waals surface area contributed by atoms with Crippen molar-refractivity contribution in [3.63, 3.8) is 0 Å². The van der Waals surface area contributed by atoms with Crippen molar-refractivity contribution in [3.05, 3.63) is 24.4 Å². The quantitative estimate of drug-likeness (QED) is 0.740. The molecular weight excluding hydrogens is 336 g/mol. The number of aromatic nitrogens is 3.